The molecule has 0 atom stereocenters. The van der Waals surface area contributed by atoms with Gasteiger partial charge in [0.2, 0.25) is 11.7 Å². The van der Waals surface area contributed by atoms with Crippen LogP contribution in [0.2, 0.25) is 0 Å². The summed E-state index contributed by atoms with van der Waals surface area (Å²) in [5.41, 5.74) is 1.53. The molecule has 0 bridgehead atoms. The molecule has 2 rings (SSSR count). The average Bonchev–Trinajstić information content (AvgIpc) is 2.68. The van der Waals surface area contributed by atoms with Crippen LogP contribution in [0.4, 0.5) is 0 Å². The molecule has 5 heteroatoms. The predicted octanol–water partition coefficient (Wildman–Crippen LogP) is 1.04. The van der Waals surface area contributed by atoms with Gasteiger partial charge in [-0.25, -0.2) is 4.98 Å². The Morgan fingerprint density at radius 1 is 1.53 bits per heavy atom. The number of fused-ring (bicyclic) bond motifs is 1. The number of likely N-dealkylation sites (N-methyl/N-ethyl adjacent to an activating group) is 1. The zero-order valence-electron chi connectivity index (χ0n) is 9.47. The quantitative estimate of drug-likeness (QED) is 0.853. The topological polar surface area (TPSA) is 70.7 Å². The number of hydrogen-bond acceptors (Lipinski definition) is 3. The Balaban J connectivity index is 2.44. The monoisotopic (exact) mass is 228 g/mol. The maximum atomic E-state index is 11.6. The number of nitriles is 1. The van der Waals surface area contributed by atoms with Crippen LogP contribution in [0, 0.1) is 11.3 Å². The molecule has 17 heavy (non-hydrogen) atoms. The van der Waals surface area contributed by atoms with Crippen LogP contribution in [-0.4, -0.2) is 22.0 Å². The average molecular weight is 228 g/mol. The number of carbonyl (C=O) groups excluding carboxylic acids is 1. The largest absolute Gasteiger partial charge is 0.355 e. The van der Waals surface area contributed by atoms with E-state index in [1.165, 1.54) is 0 Å². The highest BCUT2D eigenvalue weighted by molar-refractivity contribution is 5.81. The molecule has 0 saturated heterocycles. The first kappa shape index (κ1) is 11.1. The molecule has 0 aliphatic rings. The van der Waals surface area contributed by atoms with Crippen molar-refractivity contribution in [1.82, 2.24) is 14.9 Å². The molecular formula is C12H12N4O. The summed E-state index contributed by atoms with van der Waals surface area (Å²) in [7, 11) is 0. The van der Waals surface area contributed by atoms with Gasteiger partial charge in [-0.05, 0) is 19.1 Å². The molecule has 0 saturated carbocycles. The van der Waals surface area contributed by atoms with Gasteiger partial charge in [0.1, 0.15) is 12.6 Å². The molecule has 86 valence electrons. The van der Waals surface area contributed by atoms with Crippen molar-refractivity contribution in [2.45, 2.75) is 13.5 Å². The first-order chi connectivity index (χ1) is 8.26. The molecule has 1 aromatic carbocycles. The molecule has 0 aliphatic heterocycles. The smallest absolute Gasteiger partial charge is 0.240 e. The van der Waals surface area contributed by atoms with Crippen molar-refractivity contribution in [3.63, 3.8) is 0 Å². The normalized spacial score (nSPS) is 10.1. The van der Waals surface area contributed by atoms with E-state index >= 15 is 0 Å². The maximum absolute atomic E-state index is 11.6. The van der Waals surface area contributed by atoms with Gasteiger partial charge in [-0.2, -0.15) is 5.26 Å². The summed E-state index contributed by atoms with van der Waals surface area (Å²) in [5.74, 6) is 0.143. The summed E-state index contributed by atoms with van der Waals surface area (Å²) in [4.78, 5) is 15.7. The third-order valence-electron chi connectivity index (χ3n) is 2.43. The number of imidazole rings is 1. The van der Waals surface area contributed by atoms with E-state index < -0.39 is 0 Å². The molecular weight excluding hydrogens is 216 g/mol. The number of aromatic nitrogens is 2. The second kappa shape index (κ2) is 4.66. The molecule has 1 amide bonds. The summed E-state index contributed by atoms with van der Waals surface area (Å²) in [5, 5.41) is 11.7. The van der Waals surface area contributed by atoms with E-state index in [1.54, 1.807) is 4.57 Å². The molecule has 0 unspecified atom stereocenters. The molecule has 0 fully saturated rings. The van der Waals surface area contributed by atoms with Crippen LogP contribution >= 0.6 is 0 Å². The number of benzene rings is 1. The van der Waals surface area contributed by atoms with Crippen LogP contribution in [0.1, 0.15) is 12.7 Å². The minimum atomic E-state index is -0.118. The van der Waals surface area contributed by atoms with Crippen molar-refractivity contribution < 1.29 is 4.79 Å². The highest BCUT2D eigenvalue weighted by Gasteiger charge is 2.12. The first-order valence-corrected chi connectivity index (χ1v) is 5.38. The third kappa shape index (κ3) is 2.11. The molecule has 5 nitrogen and oxygen atoms in total. The Morgan fingerprint density at radius 3 is 3.00 bits per heavy atom. The van der Waals surface area contributed by atoms with E-state index in [2.05, 4.69) is 10.3 Å². The minimum absolute atomic E-state index is 0.118. The highest BCUT2D eigenvalue weighted by Crippen LogP contribution is 2.15. The lowest BCUT2D eigenvalue weighted by atomic mass is 10.3. The van der Waals surface area contributed by atoms with Crippen molar-refractivity contribution >= 4 is 16.9 Å². The summed E-state index contributed by atoms with van der Waals surface area (Å²) >= 11 is 0. The number of para-hydroxylation sites is 2. The number of nitrogens with one attached hydrogen (secondary N) is 1. The van der Waals surface area contributed by atoms with Crippen LogP contribution in [0.15, 0.2) is 24.3 Å². The SMILES string of the molecule is CCNC(=O)Cn1c(C#N)nc2ccccc21. The molecule has 0 spiro atoms. The molecule has 0 radical (unpaired) electrons. The fraction of sp³-hybridized carbons (Fsp3) is 0.250. The summed E-state index contributed by atoms with van der Waals surface area (Å²) in [6, 6.07) is 9.39. The van der Waals surface area contributed by atoms with Gasteiger partial charge in [0.05, 0.1) is 11.0 Å². The van der Waals surface area contributed by atoms with Crippen LogP contribution < -0.4 is 5.32 Å². The van der Waals surface area contributed by atoms with Crippen molar-refractivity contribution in [1.29, 1.82) is 5.26 Å². The van der Waals surface area contributed by atoms with Gasteiger partial charge in [-0.15, -0.1) is 0 Å². The van der Waals surface area contributed by atoms with Gasteiger partial charge in [-0.3, -0.25) is 4.79 Å². The van der Waals surface area contributed by atoms with Gasteiger partial charge in [0, 0.05) is 6.54 Å². The lowest BCUT2D eigenvalue weighted by Gasteiger charge is -2.05. The fourth-order valence-corrected chi connectivity index (χ4v) is 1.72. The van der Waals surface area contributed by atoms with Gasteiger partial charge in [0.15, 0.2) is 0 Å². The molecule has 0 aliphatic carbocycles. The zero-order chi connectivity index (χ0) is 12.3. The zero-order valence-corrected chi connectivity index (χ0v) is 9.47. The summed E-state index contributed by atoms with van der Waals surface area (Å²) in [6.45, 7) is 2.56. The fourth-order valence-electron chi connectivity index (χ4n) is 1.72. The van der Waals surface area contributed by atoms with E-state index in [0.29, 0.717) is 6.54 Å². The maximum Gasteiger partial charge on any atom is 0.240 e. The summed E-state index contributed by atoms with van der Waals surface area (Å²) in [6.07, 6.45) is 0. The second-order valence-electron chi connectivity index (χ2n) is 3.58. The lowest BCUT2D eigenvalue weighted by molar-refractivity contribution is -0.121. The number of hydrogen-bond donors (Lipinski definition) is 1. The molecule has 1 aromatic heterocycles. The number of nitrogens with zero attached hydrogens (tertiary/aromatic N) is 3. The lowest BCUT2D eigenvalue weighted by Crippen LogP contribution is -2.27. The molecule has 1 heterocycles. The van der Waals surface area contributed by atoms with Crippen molar-refractivity contribution in [2.75, 3.05) is 6.54 Å². The van der Waals surface area contributed by atoms with Crippen LogP contribution in [0.5, 0.6) is 0 Å². The van der Waals surface area contributed by atoms with Gasteiger partial charge >= 0.3 is 0 Å². The summed E-state index contributed by atoms with van der Waals surface area (Å²) < 4.78 is 1.63. The molecule has 2 aromatic rings. The number of carbonyl (C=O) groups is 1. The second-order valence-corrected chi connectivity index (χ2v) is 3.58. The number of amides is 1. The van der Waals surface area contributed by atoms with E-state index in [4.69, 9.17) is 5.26 Å². The highest BCUT2D eigenvalue weighted by atomic mass is 16.1. The van der Waals surface area contributed by atoms with E-state index in [0.717, 1.165) is 11.0 Å². The number of rotatable bonds is 3. The van der Waals surface area contributed by atoms with E-state index in [-0.39, 0.29) is 18.3 Å². The van der Waals surface area contributed by atoms with Crippen LogP contribution in [-0.2, 0) is 11.3 Å². The third-order valence-corrected chi connectivity index (χ3v) is 2.43. The molecule has 1 N–H and O–H groups in total. The van der Waals surface area contributed by atoms with E-state index in [9.17, 15) is 4.79 Å². The van der Waals surface area contributed by atoms with Crippen LogP contribution in [0.25, 0.3) is 11.0 Å². The van der Waals surface area contributed by atoms with Gasteiger partial charge < -0.3 is 9.88 Å². The van der Waals surface area contributed by atoms with E-state index in [1.807, 2.05) is 37.3 Å². The minimum Gasteiger partial charge on any atom is -0.355 e. The first-order valence-electron chi connectivity index (χ1n) is 5.38. The Hall–Kier alpha value is -2.35. The van der Waals surface area contributed by atoms with Crippen molar-refractivity contribution in [3.8, 4) is 6.07 Å². The van der Waals surface area contributed by atoms with Crippen molar-refractivity contribution in [3.05, 3.63) is 30.1 Å². The standard InChI is InChI=1S/C12H12N4O/c1-2-14-12(17)8-16-10-6-4-3-5-9(10)15-11(16)7-13/h3-6H,2,8H2,1H3,(H,14,17). The Kier molecular flexibility index (Phi) is 3.06. The Morgan fingerprint density at radius 2 is 2.29 bits per heavy atom. The van der Waals surface area contributed by atoms with Crippen molar-refractivity contribution in [2.24, 2.45) is 0 Å². The predicted molar refractivity (Wildman–Crippen MR) is 63.1 cm³/mol. The Bertz CT molecular complexity index is 594. The Labute approximate surface area is 98.7 Å². The van der Waals surface area contributed by atoms with Gasteiger partial charge in [-0.1, -0.05) is 12.1 Å². The van der Waals surface area contributed by atoms with Gasteiger partial charge in [0.25, 0.3) is 0 Å². The van der Waals surface area contributed by atoms with Crippen LogP contribution in [0.3, 0.4) is 0 Å².